The van der Waals surface area contributed by atoms with Crippen LogP contribution in [0.3, 0.4) is 0 Å². The maximum atomic E-state index is 5.60. The summed E-state index contributed by atoms with van der Waals surface area (Å²) in [5.41, 5.74) is 1.43. The van der Waals surface area contributed by atoms with E-state index in [-0.39, 0.29) is 5.54 Å². The van der Waals surface area contributed by atoms with Gasteiger partial charge >= 0.3 is 0 Å². The van der Waals surface area contributed by atoms with Gasteiger partial charge in [0, 0.05) is 23.7 Å². The number of hydrogen-bond donors (Lipinski definition) is 1. The zero-order valence-corrected chi connectivity index (χ0v) is 11.4. The molecule has 1 aliphatic rings. The Bertz CT molecular complexity index is 361. The summed E-state index contributed by atoms with van der Waals surface area (Å²) in [6, 6.07) is 2.86. The minimum absolute atomic E-state index is 0.150. The van der Waals surface area contributed by atoms with Gasteiger partial charge in [-0.3, -0.25) is 4.90 Å². The van der Waals surface area contributed by atoms with Crippen LogP contribution < -0.4 is 5.32 Å². The van der Waals surface area contributed by atoms with Gasteiger partial charge in [-0.2, -0.15) is 0 Å². The Morgan fingerprint density at radius 2 is 2.12 bits per heavy atom. The molecule has 1 N–H and O–H groups in total. The molecule has 0 saturated heterocycles. The van der Waals surface area contributed by atoms with Crippen molar-refractivity contribution in [3.05, 3.63) is 23.7 Å². The van der Waals surface area contributed by atoms with Gasteiger partial charge in [0.2, 0.25) is 0 Å². The van der Waals surface area contributed by atoms with Crippen LogP contribution in [0.4, 0.5) is 0 Å². The van der Waals surface area contributed by atoms with Crippen molar-refractivity contribution in [3.63, 3.8) is 0 Å². The molecule has 1 aromatic rings. The molecule has 3 nitrogen and oxygen atoms in total. The Labute approximate surface area is 104 Å². The molecular weight excluding hydrogens is 212 g/mol. The highest BCUT2D eigenvalue weighted by Crippen LogP contribution is 2.27. The van der Waals surface area contributed by atoms with Gasteiger partial charge in [0.15, 0.2) is 0 Å². The van der Waals surface area contributed by atoms with E-state index in [1.54, 1.807) is 6.26 Å². The summed E-state index contributed by atoms with van der Waals surface area (Å²) in [6.45, 7) is 8.36. The largest absolute Gasteiger partial charge is 0.468 e. The minimum Gasteiger partial charge on any atom is -0.468 e. The lowest BCUT2D eigenvalue weighted by Crippen LogP contribution is -2.35. The Balaban J connectivity index is 1.91. The van der Waals surface area contributed by atoms with Crippen LogP contribution in [0, 0.1) is 0 Å². The molecule has 0 aromatic carbocycles. The third-order valence-corrected chi connectivity index (χ3v) is 3.21. The van der Waals surface area contributed by atoms with Crippen LogP contribution >= 0.6 is 0 Å². The van der Waals surface area contributed by atoms with E-state index in [2.05, 4.69) is 44.1 Å². The lowest BCUT2D eigenvalue weighted by atomic mass is 10.1. The van der Waals surface area contributed by atoms with Crippen molar-refractivity contribution in [2.75, 3.05) is 7.05 Å². The van der Waals surface area contributed by atoms with Gasteiger partial charge in [-0.05, 0) is 46.7 Å². The van der Waals surface area contributed by atoms with Gasteiger partial charge in [0.25, 0.3) is 0 Å². The third kappa shape index (κ3) is 3.86. The molecule has 0 spiro atoms. The van der Waals surface area contributed by atoms with Gasteiger partial charge in [-0.15, -0.1) is 0 Å². The van der Waals surface area contributed by atoms with Gasteiger partial charge < -0.3 is 9.73 Å². The highest BCUT2D eigenvalue weighted by Gasteiger charge is 2.27. The maximum absolute atomic E-state index is 5.60. The molecule has 0 amide bonds. The van der Waals surface area contributed by atoms with E-state index in [1.165, 1.54) is 18.4 Å². The lowest BCUT2D eigenvalue weighted by molar-refractivity contribution is 0.283. The molecule has 1 heterocycles. The van der Waals surface area contributed by atoms with Gasteiger partial charge in [-0.1, -0.05) is 0 Å². The second-order valence-corrected chi connectivity index (χ2v) is 6.12. The topological polar surface area (TPSA) is 28.4 Å². The molecule has 3 heteroatoms. The standard InChI is InChI=1S/C14H24N2O/c1-14(2,3)15-9-11-7-8-17-13(11)10-16(4)12-5-6-12/h7-8,12,15H,5-6,9-10H2,1-4H3. The van der Waals surface area contributed by atoms with Crippen LogP contribution in [0.5, 0.6) is 0 Å². The normalized spacial score (nSPS) is 16.8. The smallest absolute Gasteiger partial charge is 0.122 e. The molecule has 0 bridgehead atoms. The summed E-state index contributed by atoms with van der Waals surface area (Å²) in [6.07, 6.45) is 4.48. The summed E-state index contributed by atoms with van der Waals surface area (Å²) in [4.78, 5) is 2.39. The zero-order valence-electron chi connectivity index (χ0n) is 11.4. The van der Waals surface area contributed by atoms with Crippen molar-refractivity contribution in [3.8, 4) is 0 Å². The quantitative estimate of drug-likeness (QED) is 0.852. The first-order valence-corrected chi connectivity index (χ1v) is 6.46. The van der Waals surface area contributed by atoms with Crippen molar-refractivity contribution >= 4 is 0 Å². The van der Waals surface area contributed by atoms with Crippen molar-refractivity contribution in [2.24, 2.45) is 0 Å². The number of furan rings is 1. The summed E-state index contributed by atoms with van der Waals surface area (Å²) < 4.78 is 5.60. The molecule has 2 rings (SSSR count). The van der Waals surface area contributed by atoms with Crippen molar-refractivity contribution in [1.82, 2.24) is 10.2 Å². The van der Waals surface area contributed by atoms with E-state index in [0.717, 1.165) is 24.9 Å². The predicted octanol–water partition coefficient (Wildman–Crippen LogP) is 2.76. The predicted molar refractivity (Wildman–Crippen MR) is 69.8 cm³/mol. The molecule has 1 saturated carbocycles. The van der Waals surface area contributed by atoms with E-state index in [9.17, 15) is 0 Å². The number of hydrogen-bond acceptors (Lipinski definition) is 3. The van der Waals surface area contributed by atoms with Crippen LogP contribution in [0.2, 0.25) is 0 Å². The second-order valence-electron chi connectivity index (χ2n) is 6.12. The summed E-state index contributed by atoms with van der Waals surface area (Å²) in [7, 11) is 2.18. The van der Waals surface area contributed by atoms with Crippen LogP contribution in [0.1, 0.15) is 44.9 Å². The molecule has 0 radical (unpaired) electrons. The maximum Gasteiger partial charge on any atom is 0.122 e. The molecule has 96 valence electrons. The zero-order chi connectivity index (χ0) is 12.5. The van der Waals surface area contributed by atoms with Crippen LogP contribution in [0.15, 0.2) is 16.7 Å². The average Bonchev–Trinajstić information content (AvgIpc) is 2.98. The van der Waals surface area contributed by atoms with E-state index in [0.29, 0.717) is 0 Å². The Morgan fingerprint density at radius 3 is 2.71 bits per heavy atom. The van der Waals surface area contributed by atoms with Crippen LogP contribution in [-0.4, -0.2) is 23.5 Å². The molecule has 1 fully saturated rings. The van der Waals surface area contributed by atoms with Gasteiger partial charge in [0.1, 0.15) is 5.76 Å². The van der Waals surface area contributed by atoms with E-state index >= 15 is 0 Å². The van der Waals surface area contributed by atoms with Crippen molar-refractivity contribution in [2.45, 2.75) is 58.3 Å². The molecule has 1 aromatic heterocycles. The van der Waals surface area contributed by atoms with E-state index < -0.39 is 0 Å². The molecule has 0 atom stereocenters. The first-order valence-electron chi connectivity index (χ1n) is 6.46. The fraction of sp³-hybridized carbons (Fsp3) is 0.714. The van der Waals surface area contributed by atoms with E-state index in [1.807, 2.05) is 0 Å². The Hall–Kier alpha value is -0.800. The van der Waals surface area contributed by atoms with Crippen molar-refractivity contribution in [1.29, 1.82) is 0 Å². The molecule has 0 aliphatic heterocycles. The first-order chi connectivity index (χ1) is 7.96. The monoisotopic (exact) mass is 236 g/mol. The third-order valence-electron chi connectivity index (χ3n) is 3.21. The SMILES string of the molecule is CN(Cc1occc1CNC(C)(C)C)C1CC1. The minimum atomic E-state index is 0.150. The Morgan fingerprint density at radius 1 is 1.41 bits per heavy atom. The molecule has 0 unspecified atom stereocenters. The van der Waals surface area contributed by atoms with E-state index in [4.69, 9.17) is 4.42 Å². The summed E-state index contributed by atoms with van der Waals surface area (Å²) in [5.74, 6) is 1.11. The van der Waals surface area contributed by atoms with Crippen LogP contribution in [0.25, 0.3) is 0 Å². The number of nitrogens with zero attached hydrogens (tertiary/aromatic N) is 1. The number of nitrogens with one attached hydrogen (secondary N) is 1. The van der Waals surface area contributed by atoms with Crippen molar-refractivity contribution < 1.29 is 4.42 Å². The molecule has 1 aliphatic carbocycles. The van der Waals surface area contributed by atoms with Gasteiger partial charge in [0.05, 0.1) is 12.8 Å². The fourth-order valence-electron chi connectivity index (χ4n) is 1.89. The fourth-order valence-corrected chi connectivity index (χ4v) is 1.89. The second kappa shape index (κ2) is 4.83. The highest BCUT2D eigenvalue weighted by atomic mass is 16.3. The first kappa shape index (κ1) is 12.7. The number of rotatable bonds is 5. The molecule has 17 heavy (non-hydrogen) atoms. The van der Waals surface area contributed by atoms with Crippen LogP contribution in [-0.2, 0) is 13.1 Å². The summed E-state index contributed by atoms with van der Waals surface area (Å²) in [5, 5.41) is 3.50. The lowest BCUT2D eigenvalue weighted by Gasteiger charge is -2.21. The average molecular weight is 236 g/mol. The highest BCUT2D eigenvalue weighted by molar-refractivity contribution is 5.17. The van der Waals surface area contributed by atoms with Gasteiger partial charge in [-0.25, -0.2) is 0 Å². The molecular formula is C14H24N2O. The summed E-state index contributed by atoms with van der Waals surface area (Å²) >= 11 is 0. The Kier molecular flexibility index (Phi) is 3.59.